The molecular weight excluding hydrogens is 208 g/mol. The van der Waals surface area contributed by atoms with Gasteiger partial charge in [0.05, 0.1) is 16.7 Å². The zero-order chi connectivity index (χ0) is 8.65. The molecule has 0 aromatic heterocycles. The first-order valence-electron chi connectivity index (χ1n) is 3.66. The van der Waals surface area contributed by atoms with Crippen molar-refractivity contribution in [3.05, 3.63) is 11.8 Å². The number of halogens is 1. The molecule has 0 spiro atoms. The lowest BCUT2D eigenvalue weighted by Crippen LogP contribution is -2.43. The van der Waals surface area contributed by atoms with Gasteiger partial charge in [-0.05, 0) is 26.8 Å². The predicted molar refractivity (Wildman–Crippen MR) is 47.6 cm³/mol. The molecule has 1 heterocycles. The largest absolute Gasteiger partial charge is 0.488 e. The van der Waals surface area contributed by atoms with Crippen molar-refractivity contribution in [3.8, 4) is 0 Å². The third kappa shape index (κ3) is 1.44. The normalized spacial score (nSPS) is 39.7. The number of rotatable bonds is 1. The minimum absolute atomic E-state index is 0.106. The van der Waals surface area contributed by atoms with Crippen molar-refractivity contribution in [2.75, 3.05) is 0 Å². The van der Waals surface area contributed by atoms with Crippen LogP contribution < -0.4 is 0 Å². The highest BCUT2D eigenvalue weighted by Gasteiger charge is 2.42. The van der Waals surface area contributed by atoms with Gasteiger partial charge in [-0.3, -0.25) is 0 Å². The molecule has 0 bridgehead atoms. The third-order valence-electron chi connectivity index (χ3n) is 2.14. The first-order valence-corrected chi connectivity index (χ1v) is 4.58. The minimum atomic E-state index is -0.496. The van der Waals surface area contributed by atoms with Gasteiger partial charge >= 0.3 is 0 Å². The first kappa shape index (κ1) is 9.07. The average Bonchev–Trinajstić information content (AvgIpc) is 2.08. The van der Waals surface area contributed by atoms with Gasteiger partial charge in [0.1, 0.15) is 5.60 Å². The first-order chi connectivity index (χ1) is 4.97. The number of ether oxygens (including phenoxy) is 1. The van der Waals surface area contributed by atoms with E-state index in [2.05, 4.69) is 15.9 Å². The molecule has 0 aromatic rings. The van der Waals surface area contributed by atoms with Crippen LogP contribution in [0.4, 0.5) is 0 Å². The van der Waals surface area contributed by atoms with Crippen LogP contribution in [0.15, 0.2) is 11.8 Å². The summed E-state index contributed by atoms with van der Waals surface area (Å²) in [7, 11) is 0. The highest BCUT2D eigenvalue weighted by atomic mass is 79.9. The minimum Gasteiger partial charge on any atom is -0.488 e. The Morgan fingerprint density at radius 2 is 2.36 bits per heavy atom. The molecule has 0 radical (unpaired) electrons. The molecule has 0 aromatic carbocycles. The maximum Gasteiger partial charge on any atom is 0.147 e. The molecule has 0 saturated carbocycles. The topological polar surface area (TPSA) is 29.5 Å². The average molecular weight is 221 g/mol. The molecule has 64 valence electrons. The fourth-order valence-corrected chi connectivity index (χ4v) is 1.97. The van der Waals surface area contributed by atoms with Gasteiger partial charge in [0.25, 0.3) is 0 Å². The summed E-state index contributed by atoms with van der Waals surface area (Å²) >= 11 is 3.44. The molecule has 11 heavy (non-hydrogen) atoms. The third-order valence-corrected chi connectivity index (χ3v) is 3.31. The van der Waals surface area contributed by atoms with Gasteiger partial charge in [-0.1, -0.05) is 15.9 Å². The van der Waals surface area contributed by atoms with Crippen LogP contribution in [0.5, 0.6) is 0 Å². The van der Waals surface area contributed by atoms with Crippen LogP contribution in [-0.2, 0) is 4.74 Å². The van der Waals surface area contributed by atoms with E-state index >= 15 is 0 Å². The summed E-state index contributed by atoms with van der Waals surface area (Å²) in [6.07, 6.45) is 1.49. The van der Waals surface area contributed by atoms with Crippen molar-refractivity contribution in [1.82, 2.24) is 0 Å². The highest BCUT2D eigenvalue weighted by molar-refractivity contribution is 9.09. The predicted octanol–water partition coefficient (Wildman–Crippen LogP) is 1.82. The van der Waals surface area contributed by atoms with E-state index in [0.717, 1.165) is 5.76 Å². The SMILES string of the molecule is CC1=CC(Br)C(C)(C(C)O)O1. The Kier molecular flexibility index (Phi) is 2.30. The van der Waals surface area contributed by atoms with E-state index in [-0.39, 0.29) is 4.83 Å². The number of alkyl halides is 1. The van der Waals surface area contributed by atoms with Gasteiger partial charge in [0.2, 0.25) is 0 Å². The quantitative estimate of drug-likeness (QED) is 0.684. The smallest absolute Gasteiger partial charge is 0.147 e. The Hall–Kier alpha value is -0.0200. The van der Waals surface area contributed by atoms with E-state index in [9.17, 15) is 5.11 Å². The molecule has 0 saturated heterocycles. The van der Waals surface area contributed by atoms with Crippen molar-refractivity contribution in [3.63, 3.8) is 0 Å². The van der Waals surface area contributed by atoms with Crippen LogP contribution >= 0.6 is 15.9 Å². The monoisotopic (exact) mass is 220 g/mol. The summed E-state index contributed by atoms with van der Waals surface area (Å²) in [5.74, 6) is 0.871. The standard InChI is InChI=1S/C8H13BrO2/c1-5-4-7(9)8(3,11-5)6(2)10/h4,6-7,10H,1-3H3. The summed E-state index contributed by atoms with van der Waals surface area (Å²) in [5.41, 5.74) is -0.496. The van der Waals surface area contributed by atoms with Crippen LogP contribution in [0, 0.1) is 0 Å². The molecule has 1 aliphatic heterocycles. The van der Waals surface area contributed by atoms with Crippen molar-refractivity contribution >= 4 is 15.9 Å². The molecular formula is C8H13BrO2. The lowest BCUT2D eigenvalue weighted by molar-refractivity contribution is -0.0518. The van der Waals surface area contributed by atoms with E-state index in [1.54, 1.807) is 6.92 Å². The summed E-state index contributed by atoms with van der Waals surface area (Å²) in [4.78, 5) is 0.106. The lowest BCUT2D eigenvalue weighted by Gasteiger charge is -2.31. The Labute approximate surface area is 75.4 Å². The van der Waals surface area contributed by atoms with Crippen LogP contribution in [-0.4, -0.2) is 21.6 Å². The maximum absolute atomic E-state index is 9.41. The molecule has 3 unspecified atom stereocenters. The van der Waals surface area contributed by atoms with Crippen LogP contribution in [0.2, 0.25) is 0 Å². The van der Waals surface area contributed by atoms with Crippen molar-refractivity contribution in [2.24, 2.45) is 0 Å². The number of allylic oxidation sites excluding steroid dienone is 1. The summed E-state index contributed by atoms with van der Waals surface area (Å²) in [5, 5.41) is 9.41. The number of aliphatic hydroxyl groups excluding tert-OH is 1. The molecule has 1 aliphatic rings. The highest BCUT2D eigenvalue weighted by Crippen LogP contribution is 2.35. The van der Waals surface area contributed by atoms with Crippen molar-refractivity contribution in [2.45, 2.75) is 37.3 Å². The van der Waals surface area contributed by atoms with Crippen molar-refractivity contribution in [1.29, 1.82) is 0 Å². The van der Waals surface area contributed by atoms with E-state index in [1.807, 2.05) is 19.9 Å². The second kappa shape index (κ2) is 2.79. The van der Waals surface area contributed by atoms with Gasteiger partial charge in [-0.15, -0.1) is 0 Å². The molecule has 2 nitrogen and oxygen atoms in total. The number of hydrogen-bond donors (Lipinski definition) is 1. The summed E-state index contributed by atoms with van der Waals surface area (Å²) in [6.45, 7) is 5.52. The Morgan fingerprint density at radius 3 is 2.55 bits per heavy atom. The second-order valence-corrected chi connectivity index (χ2v) is 4.13. The molecule has 0 amide bonds. The van der Waals surface area contributed by atoms with E-state index in [0.29, 0.717) is 0 Å². The number of hydrogen-bond acceptors (Lipinski definition) is 2. The Morgan fingerprint density at radius 1 is 1.82 bits per heavy atom. The van der Waals surface area contributed by atoms with E-state index in [4.69, 9.17) is 4.74 Å². The Balaban J connectivity index is 2.78. The maximum atomic E-state index is 9.41. The van der Waals surface area contributed by atoms with Crippen LogP contribution in [0.3, 0.4) is 0 Å². The van der Waals surface area contributed by atoms with E-state index < -0.39 is 11.7 Å². The second-order valence-electron chi connectivity index (χ2n) is 3.14. The molecule has 1 rings (SSSR count). The molecule has 3 atom stereocenters. The molecule has 1 N–H and O–H groups in total. The van der Waals surface area contributed by atoms with Gasteiger partial charge in [-0.2, -0.15) is 0 Å². The van der Waals surface area contributed by atoms with Crippen molar-refractivity contribution < 1.29 is 9.84 Å². The lowest BCUT2D eigenvalue weighted by atomic mass is 9.97. The van der Waals surface area contributed by atoms with Gasteiger partial charge in [-0.25, -0.2) is 0 Å². The fraction of sp³-hybridized carbons (Fsp3) is 0.750. The zero-order valence-corrected chi connectivity index (χ0v) is 8.55. The zero-order valence-electron chi connectivity index (χ0n) is 6.97. The van der Waals surface area contributed by atoms with Gasteiger partial charge < -0.3 is 9.84 Å². The summed E-state index contributed by atoms with van der Waals surface area (Å²) in [6, 6.07) is 0. The van der Waals surface area contributed by atoms with Crippen LogP contribution in [0.1, 0.15) is 20.8 Å². The Bertz CT molecular complexity index is 189. The van der Waals surface area contributed by atoms with Crippen LogP contribution in [0.25, 0.3) is 0 Å². The fourth-order valence-electron chi connectivity index (χ4n) is 1.12. The molecule has 0 aliphatic carbocycles. The summed E-state index contributed by atoms with van der Waals surface area (Å²) < 4.78 is 5.49. The van der Waals surface area contributed by atoms with E-state index in [1.165, 1.54) is 0 Å². The molecule has 0 fully saturated rings. The van der Waals surface area contributed by atoms with Gasteiger partial charge in [0.15, 0.2) is 0 Å². The molecule has 3 heteroatoms. The number of aliphatic hydroxyl groups is 1. The van der Waals surface area contributed by atoms with Gasteiger partial charge in [0, 0.05) is 0 Å².